The summed E-state index contributed by atoms with van der Waals surface area (Å²) >= 11 is 1.38. The maximum Gasteiger partial charge on any atom is 0.350 e. The Labute approximate surface area is 172 Å². The molecule has 0 aromatic carbocycles. The highest BCUT2D eigenvalue weighted by Crippen LogP contribution is 2.44. The van der Waals surface area contributed by atoms with Gasteiger partial charge in [0.15, 0.2) is 5.96 Å². The van der Waals surface area contributed by atoms with Crippen LogP contribution in [-0.4, -0.2) is 50.3 Å². The van der Waals surface area contributed by atoms with Gasteiger partial charge in [-0.3, -0.25) is 4.99 Å². The summed E-state index contributed by atoms with van der Waals surface area (Å²) in [4.78, 5) is 22.0. The standard InChI is InChI=1S/C20H34N4O3S/c1-6-21-19(22-13-20(9-8-10-20)11-12-26-5)24-15(4)17-23-14(3)16(28-17)18(25)27-7-2/h15H,6-13H2,1-5H3,(H2,21,22,24). The van der Waals surface area contributed by atoms with E-state index >= 15 is 0 Å². The van der Waals surface area contributed by atoms with Crippen molar-refractivity contribution < 1.29 is 14.3 Å². The number of carbonyl (C=O) groups excluding carboxylic acids is 1. The molecule has 1 aliphatic carbocycles. The van der Waals surface area contributed by atoms with Crippen LogP contribution in [0, 0.1) is 12.3 Å². The Hall–Kier alpha value is -1.67. The predicted octanol–water partition coefficient (Wildman–Crippen LogP) is 3.45. The Morgan fingerprint density at radius 1 is 1.39 bits per heavy atom. The van der Waals surface area contributed by atoms with Crippen LogP contribution in [0.3, 0.4) is 0 Å². The van der Waals surface area contributed by atoms with Crippen molar-refractivity contribution in [3.63, 3.8) is 0 Å². The number of carbonyl (C=O) groups is 1. The van der Waals surface area contributed by atoms with Gasteiger partial charge in [-0.2, -0.15) is 0 Å². The van der Waals surface area contributed by atoms with Crippen LogP contribution in [0.2, 0.25) is 0 Å². The Balaban J connectivity index is 2.04. The molecule has 1 aromatic rings. The zero-order chi connectivity index (χ0) is 20.6. The SMILES string of the molecule is CCNC(=NCC1(CCOC)CCC1)NC(C)c1nc(C)c(C(=O)OCC)s1. The molecule has 0 amide bonds. The van der Waals surface area contributed by atoms with E-state index in [0.29, 0.717) is 17.2 Å². The van der Waals surface area contributed by atoms with Gasteiger partial charge < -0.3 is 20.1 Å². The van der Waals surface area contributed by atoms with Crippen molar-refractivity contribution in [3.05, 3.63) is 15.6 Å². The van der Waals surface area contributed by atoms with Gasteiger partial charge in [-0.05, 0) is 52.4 Å². The molecule has 0 aliphatic heterocycles. The fraction of sp³-hybridized carbons (Fsp3) is 0.750. The summed E-state index contributed by atoms with van der Waals surface area (Å²) in [6.07, 6.45) is 4.75. The molecule has 1 unspecified atom stereocenters. The van der Waals surface area contributed by atoms with E-state index in [1.807, 2.05) is 13.8 Å². The molecular weight excluding hydrogens is 376 g/mol. The van der Waals surface area contributed by atoms with Gasteiger partial charge in [0.1, 0.15) is 9.88 Å². The quantitative estimate of drug-likeness (QED) is 0.349. The average Bonchev–Trinajstić information content (AvgIpc) is 3.03. The molecule has 1 aliphatic rings. The maximum atomic E-state index is 12.0. The number of hydrogen-bond acceptors (Lipinski definition) is 6. The van der Waals surface area contributed by atoms with Crippen LogP contribution >= 0.6 is 11.3 Å². The van der Waals surface area contributed by atoms with Gasteiger partial charge in [-0.15, -0.1) is 11.3 Å². The minimum absolute atomic E-state index is 0.0546. The van der Waals surface area contributed by atoms with Crippen LogP contribution in [0.1, 0.15) is 72.9 Å². The summed E-state index contributed by atoms with van der Waals surface area (Å²) in [6, 6.07) is -0.0546. The number of thiazole rings is 1. The molecular formula is C20H34N4O3S. The van der Waals surface area contributed by atoms with Gasteiger partial charge in [0.2, 0.25) is 0 Å². The van der Waals surface area contributed by atoms with E-state index in [2.05, 4.69) is 22.5 Å². The fourth-order valence-corrected chi connectivity index (χ4v) is 4.27. The number of methoxy groups -OCH3 is 1. The number of aliphatic imine (C=N–C) groups is 1. The number of nitrogens with zero attached hydrogens (tertiary/aromatic N) is 2. The third kappa shape index (κ3) is 5.91. The summed E-state index contributed by atoms with van der Waals surface area (Å²) in [5, 5.41) is 7.59. The number of aryl methyl sites for hydroxylation is 1. The number of nitrogens with one attached hydrogen (secondary N) is 2. The van der Waals surface area contributed by atoms with Crippen molar-refractivity contribution >= 4 is 23.3 Å². The first-order chi connectivity index (χ1) is 13.4. The molecule has 28 heavy (non-hydrogen) atoms. The topological polar surface area (TPSA) is 84.8 Å². The zero-order valence-electron chi connectivity index (χ0n) is 17.8. The first kappa shape index (κ1) is 22.6. The summed E-state index contributed by atoms with van der Waals surface area (Å²) < 4.78 is 10.4. The second-order valence-corrected chi connectivity index (χ2v) is 8.38. The fourth-order valence-electron chi connectivity index (χ4n) is 3.30. The number of esters is 1. The van der Waals surface area contributed by atoms with Gasteiger partial charge in [0.05, 0.1) is 18.3 Å². The summed E-state index contributed by atoms with van der Waals surface area (Å²) in [5.74, 6) is 0.478. The molecule has 8 heteroatoms. The number of ether oxygens (including phenoxy) is 2. The monoisotopic (exact) mass is 410 g/mol. The van der Waals surface area contributed by atoms with Crippen LogP contribution in [0.15, 0.2) is 4.99 Å². The average molecular weight is 411 g/mol. The summed E-state index contributed by atoms with van der Waals surface area (Å²) in [5.41, 5.74) is 0.984. The van der Waals surface area contributed by atoms with Crippen molar-refractivity contribution in [3.8, 4) is 0 Å². The highest BCUT2D eigenvalue weighted by atomic mass is 32.1. The molecule has 1 heterocycles. The zero-order valence-corrected chi connectivity index (χ0v) is 18.6. The van der Waals surface area contributed by atoms with E-state index in [1.54, 1.807) is 14.0 Å². The maximum absolute atomic E-state index is 12.0. The summed E-state index contributed by atoms with van der Waals surface area (Å²) in [6.45, 7) is 10.5. The van der Waals surface area contributed by atoms with Gasteiger partial charge in [0, 0.05) is 26.8 Å². The normalized spacial score (nSPS) is 17.0. The van der Waals surface area contributed by atoms with Crippen LogP contribution < -0.4 is 10.6 Å². The molecule has 1 aromatic heterocycles. The van der Waals surface area contributed by atoms with Gasteiger partial charge in [-0.1, -0.05) is 6.42 Å². The molecule has 2 rings (SSSR count). The van der Waals surface area contributed by atoms with E-state index in [-0.39, 0.29) is 17.4 Å². The molecule has 1 atom stereocenters. The van der Waals surface area contributed by atoms with Gasteiger partial charge in [0.25, 0.3) is 0 Å². The molecule has 158 valence electrons. The van der Waals surface area contributed by atoms with Crippen molar-refractivity contribution in [1.29, 1.82) is 0 Å². The Morgan fingerprint density at radius 2 is 2.14 bits per heavy atom. The third-order valence-electron chi connectivity index (χ3n) is 5.17. The van der Waals surface area contributed by atoms with Crippen LogP contribution in [0.5, 0.6) is 0 Å². The molecule has 2 N–H and O–H groups in total. The van der Waals surface area contributed by atoms with Crippen molar-refractivity contribution in [2.75, 3.05) is 33.4 Å². The minimum atomic E-state index is -0.304. The minimum Gasteiger partial charge on any atom is -0.462 e. The number of aromatic nitrogens is 1. The number of hydrogen-bond donors (Lipinski definition) is 2. The number of rotatable bonds is 10. The van der Waals surface area contributed by atoms with E-state index in [9.17, 15) is 4.79 Å². The van der Waals surface area contributed by atoms with E-state index in [1.165, 1.54) is 30.6 Å². The van der Waals surface area contributed by atoms with Crippen LogP contribution in [-0.2, 0) is 9.47 Å². The number of guanidine groups is 1. The lowest BCUT2D eigenvalue weighted by atomic mass is 9.67. The molecule has 0 bridgehead atoms. The highest BCUT2D eigenvalue weighted by Gasteiger charge is 2.36. The van der Waals surface area contributed by atoms with E-state index in [4.69, 9.17) is 14.5 Å². The Morgan fingerprint density at radius 3 is 2.71 bits per heavy atom. The smallest absolute Gasteiger partial charge is 0.350 e. The van der Waals surface area contributed by atoms with Gasteiger partial charge in [-0.25, -0.2) is 9.78 Å². The highest BCUT2D eigenvalue weighted by molar-refractivity contribution is 7.13. The lowest BCUT2D eigenvalue weighted by Crippen LogP contribution is -2.41. The van der Waals surface area contributed by atoms with Gasteiger partial charge >= 0.3 is 5.97 Å². The third-order valence-corrected chi connectivity index (χ3v) is 6.49. The summed E-state index contributed by atoms with van der Waals surface area (Å²) in [7, 11) is 1.75. The lowest BCUT2D eigenvalue weighted by molar-refractivity contribution is 0.0531. The van der Waals surface area contributed by atoms with Crippen molar-refractivity contribution in [2.24, 2.45) is 10.4 Å². The van der Waals surface area contributed by atoms with Crippen LogP contribution in [0.4, 0.5) is 0 Å². The second-order valence-electron chi connectivity index (χ2n) is 7.34. The second kappa shape index (κ2) is 10.8. The van der Waals surface area contributed by atoms with Crippen LogP contribution in [0.25, 0.3) is 0 Å². The molecule has 1 saturated carbocycles. The molecule has 1 fully saturated rings. The molecule has 0 spiro atoms. The first-order valence-electron chi connectivity index (χ1n) is 10.1. The predicted molar refractivity (Wildman–Crippen MR) is 113 cm³/mol. The molecule has 0 saturated heterocycles. The molecule has 0 radical (unpaired) electrons. The molecule has 7 nitrogen and oxygen atoms in total. The van der Waals surface area contributed by atoms with Crippen molar-refractivity contribution in [1.82, 2.24) is 15.6 Å². The van der Waals surface area contributed by atoms with E-state index in [0.717, 1.165) is 37.1 Å². The Bertz CT molecular complexity index is 670. The van der Waals surface area contributed by atoms with Crippen molar-refractivity contribution in [2.45, 2.75) is 59.4 Å². The first-order valence-corrected chi connectivity index (χ1v) is 10.9. The largest absolute Gasteiger partial charge is 0.462 e. The van der Waals surface area contributed by atoms with E-state index < -0.39 is 0 Å². The Kier molecular flexibility index (Phi) is 8.69. The lowest BCUT2D eigenvalue weighted by Gasteiger charge is -2.40.